The van der Waals surface area contributed by atoms with Gasteiger partial charge in [0.05, 0.1) is 5.38 Å². The van der Waals surface area contributed by atoms with Crippen LogP contribution in [0, 0.1) is 19.8 Å². The van der Waals surface area contributed by atoms with E-state index in [9.17, 15) is 0 Å². The molecule has 1 aliphatic rings. The highest BCUT2D eigenvalue weighted by atomic mass is 35.5. The highest BCUT2D eigenvalue weighted by molar-refractivity contribution is 6.21. The van der Waals surface area contributed by atoms with Crippen LogP contribution in [0.1, 0.15) is 60.6 Å². The Morgan fingerprint density at radius 1 is 1.00 bits per heavy atom. The van der Waals surface area contributed by atoms with Crippen molar-refractivity contribution < 1.29 is 0 Å². The monoisotopic (exact) mass is 250 g/mol. The Morgan fingerprint density at radius 2 is 1.65 bits per heavy atom. The fraction of sp³-hybridized carbons (Fsp3) is 0.625. The number of alkyl halides is 1. The van der Waals surface area contributed by atoms with Crippen LogP contribution in [0.25, 0.3) is 0 Å². The smallest absolute Gasteiger partial charge is 0.0613 e. The predicted octanol–water partition coefficient (Wildman–Crippen LogP) is 5.55. The van der Waals surface area contributed by atoms with Crippen LogP contribution >= 0.6 is 11.6 Å². The third kappa shape index (κ3) is 3.25. The Balaban J connectivity index is 2.11. The highest BCUT2D eigenvalue weighted by Crippen LogP contribution is 2.38. The first kappa shape index (κ1) is 13.0. The molecule has 17 heavy (non-hydrogen) atoms. The molecule has 0 spiro atoms. The normalized spacial score (nSPS) is 19.9. The van der Waals surface area contributed by atoms with E-state index in [2.05, 4.69) is 32.0 Å². The maximum atomic E-state index is 6.68. The van der Waals surface area contributed by atoms with Crippen molar-refractivity contribution in [2.24, 2.45) is 5.92 Å². The predicted molar refractivity (Wildman–Crippen MR) is 75.7 cm³/mol. The molecule has 1 fully saturated rings. The minimum atomic E-state index is 0.215. The van der Waals surface area contributed by atoms with Crippen LogP contribution in [-0.4, -0.2) is 0 Å². The Labute approximate surface area is 110 Å². The van der Waals surface area contributed by atoms with Crippen LogP contribution in [0.2, 0.25) is 0 Å². The van der Waals surface area contributed by atoms with Gasteiger partial charge in [-0.3, -0.25) is 0 Å². The fourth-order valence-electron chi connectivity index (χ4n) is 2.81. The molecule has 1 atom stereocenters. The molecule has 0 N–H and O–H groups in total. The van der Waals surface area contributed by atoms with Crippen molar-refractivity contribution >= 4 is 11.6 Å². The fourth-order valence-corrected chi connectivity index (χ4v) is 3.20. The number of rotatable bonds is 2. The average Bonchev–Trinajstić information content (AvgIpc) is 2.60. The van der Waals surface area contributed by atoms with Gasteiger partial charge in [-0.15, -0.1) is 11.6 Å². The van der Waals surface area contributed by atoms with Crippen molar-refractivity contribution in [3.63, 3.8) is 0 Å². The second kappa shape index (κ2) is 5.91. The third-order valence-corrected chi connectivity index (χ3v) is 4.77. The lowest BCUT2D eigenvalue weighted by atomic mass is 9.90. The number of halogens is 1. The maximum Gasteiger partial charge on any atom is 0.0613 e. The van der Waals surface area contributed by atoms with Crippen molar-refractivity contribution in [2.45, 2.75) is 57.7 Å². The van der Waals surface area contributed by atoms with E-state index in [1.165, 1.54) is 55.2 Å². The number of hydrogen-bond acceptors (Lipinski definition) is 0. The van der Waals surface area contributed by atoms with Gasteiger partial charge in [-0.05, 0) is 49.3 Å². The van der Waals surface area contributed by atoms with Gasteiger partial charge in [0, 0.05) is 0 Å². The van der Waals surface area contributed by atoms with Gasteiger partial charge in [0.2, 0.25) is 0 Å². The van der Waals surface area contributed by atoms with Gasteiger partial charge >= 0.3 is 0 Å². The summed E-state index contributed by atoms with van der Waals surface area (Å²) in [4.78, 5) is 0. The lowest BCUT2D eigenvalue weighted by molar-refractivity contribution is 0.445. The molecule has 0 saturated heterocycles. The summed E-state index contributed by atoms with van der Waals surface area (Å²) >= 11 is 6.68. The molecular weight excluding hydrogens is 228 g/mol. The number of benzene rings is 1. The molecule has 0 aliphatic heterocycles. The minimum Gasteiger partial charge on any atom is -0.118 e. The third-order valence-electron chi connectivity index (χ3n) is 4.16. The molecular formula is C16H23Cl. The first-order valence-electron chi connectivity index (χ1n) is 6.89. The second-order valence-corrected chi connectivity index (χ2v) is 5.97. The molecule has 1 aliphatic carbocycles. The summed E-state index contributed by atoms with van der Waals surface area (Å²) in [6, 6.07) is 6.69. The summed E-state index contributed by atoms with van der Waals surface area (Å²) in [5.74, 6) is 0.682. The van der Waals surface area contributed by atoms with E-state index in [0.717, 1.165) is 0 Å². The molecule has 1 aromatic rings. The van der Waals surface area contributed by atoms with Crippen LogP contribution in [-0.2, 0) is 0 Å². The van der Waals surface area contributed by atoms with Gasteiger partial charge in [0.15, 0.2) is 0 Å². The van der Waals surface area contributed by atoms with Gasteiger partial charge in [0.25, 0.3) is 0 Å². The first-order chi connectivity index (χ1) is 8.18. The minimum absolute atomic E-state index is 0.215. The molecule has 1 unspecified atom stereocenters. The van der Waals surface area contributed by atoms with E-state index < -0.39 is 0 Å². The van der Waals surface area contributed by atoms with Crippen LogP contribution in [0.4, 0.5) is 0 Å². The maximum absolute atomic E-state index is 6.68. The molecule has 94 valence electrons. The van der Waals surface area contributed by atoms with Gasteiger partial charge in [0.1, 0.15) is 0 Å². The van der Waals surface area contributed by atoms with Crippen LogP contribution < -0.4 is 0 Å². The van der Waals surface area contributed by atoms with E-state index in [1.807, 2.05) is 0 Å². The lowest BCUT2D eigenvalue weighted by Crippen LogP contribution is -2.07. The quantitative estimate of drug-likeness (QED) is 0.477. The number of aryl methyl sites for hydroxylation is 2. The summed E-state index contributed by atoms with van der Waals surface area (Å²) < 4.78 is 0. The molecule has 0 nitrogen and oxygen atoms in total. The lowest BCUT2D eigenvalue weighted by Gasteiger charge is -2.21. The molecule has 1 aromatic carbocycles. The average molecular weight is 251 g/mol. The summed E-state index contributed by atoms with van der Waals surface area (Å²) in [7, 11) is 0. The van der Waals surface area contributed by atoms with Gasteiger partial charge in [-0.1, -0.05) is 43.9 Å². The molecule has 0 heterocycles. The summed E-state index contributed by atoms with van der Waals surface area (Å²) in [6.07, 6.45) is 8.12. The van der Waals surface area contributed by atoms with Crippen molar-refractivity contribution in [1.82, 2.24) is 0 Å². The summed E-state index contributed by atoms with van der Waals surface area (Å²) in [6.45, 7) is 4.34. The molecule has 0 bridgehead atoms. The first-order valence-corrected chi connectivity index (χ1v) is 7.33. The summed E-state index contributed by atoms with van der Waals surface area (Å²) in [5.41, 5.74) is 4.04. The molecule has 1 saturated carbocycles. The van der Waals surface area contributed by atoms with Gasteiger partial charge in [-0.25, -0.2) is 0 Å². The largest absolute Gasteiger partial charge is 0.118 e. The Morgan fingerprint density at radius 3 is 2.24 bits per heavy atom. The van der Waals surface area contributed by atoms with Crippen molar-refractivity contribution in [2.75, 3.05) is 0 Å². The molecule has 0 amide bonds. The van der Waals surface area contributed by atoms with Crippen LogP contribution in [0.3, 0.4) is 0 Å². The zero-order valence-corrected chi connectivity index (χ0v) is 11.8. The Hall–Kier alpha value is -0.490. The van der Waals surface area contributed by atoms with E-state index in [-0.39, 0.29) is 5.38 Å². The van der Waals surface area contributed by atoms with E-state index in [1.54, 1.807) is 0 Å². The molecule has 0 radical (unpaired) electrons. The Bertz CT molecular complexity index is 362. The van der Waals surface area contributed by atoms with Crippen LogP contribution in [0.5, 0.6) is 0 Å². The van der Waals surface area contributed by atoms with Gasteiger partial charge in [-0.2, -0.15) is 0 Å². The van der Waals surface area contributed by atoms with E-state index in [0.29, 0.717) is 5.92 Å². The van der Waals surface area contributed by atoms with Crippen LogP contribution in [0.15, 0.2) is 18.2 Å². The molecule has 2 rings (SSSR count). The number of hydrogen-bond donors (Lipinski definition) is 0. The van der Waals surface area contributed by atoms with E-state index >= 15 is 0 Å². The zero-order valence-electron chi connectivity index (χ0n) is 11.0. The summed E-state index contributed by atoms with van der Waals surface area (Å²) in [5, 5.41) is 0.215. The zero-order chi connectivity index (χ0) is 12.3. The van der Waals surface area contributed by atoms with E-state index in [4.69, 9.17) is 11.6 Å². The highest BCUT2D eigenvalue weighted by Gasteiger charge is 2.22. The molecule has 0 aromatic heterocycles. The molecule has 1 heteroatoms. The second-order valence-electron chi connectivity index (χ2n) is 5.50. The standard InChI is InChI=1S/C16H23Cl/c1-12-9-10-15(11-13(12)2)16(17)14-7-5-3-4-6-8-14/h9-11,14,16H,3-8H2,1-2H3. The SMILES string of the molecule is Cc1ccc(C(Cl)C2CCCCCC2)cc1C. The van der Waals surface area contributed by atoms with Gasteiger partial charge < -0.3 is 0 Å². The van der Waals surface area contributed by atoms with Crippen molar-refractivity contribution in [3.8, 4) is 0 Å². The van der Waals surface area contributed by atoms with Crippen molar-refractivity contribution in [1.29, 1.82) is 0 Å². The topological polar surface area (TPSA) is 0 Å². The Kier molecular flexibility index (Phi) is 4.50. The van der Waals surface area contributed by atoms with Crippen molar-refractivity contribution in [3.05, 3.63) is 34.9 Å².